The quantitative estimate of drug-likeness (QED) is 0.587. The van der Waals surface area contributed by atoms with Crippen LogP contribution in [0, 0.1) is 11.8 Å². The number of benzene rings is 1. The van der Waals surface area contributed by atoms with E-state index in [4.69, 9.17) is 10.5 Å². The minimum absolute atomic E-state index is 0.0147. The second kappa shape index (κ2) is 10.4. The number of thioether (sulfide) groups is 1. The Morgan fingerprint density at radius 2 is 1.80 bits per heavy atom. The smallest absolute Gasteiger partial charge is 0.330 e. The fourth-order valence-corrected chi connectivity index (χ4v) is 3.74. The Bertz CT molecular complexity index is 980. The first-order chi connectivity index (χ1) is 14.1. The lowest BCUT2D eigenvalue weighted by molar-refractivity contribution is -0.116. The standard InChI is InChI=1S/C21H30N4O4S/c1-13(2)10-24(17(26)12-30-16-8-6-15(29-5)7-9-16)18-19(22)25(11-14(3)4)21(28)23-20(18)27/h6-9,13-14H,10-12,22H2,1-5H3,(H,23,27,28). The molecule has 0 radical (unpaired) electrons. The van der Waals surface area contributed by atoms with Crippen molar-refractivity contribution in [2.45, 2.75) is 39.1 Å². The zero-order valence-corrected chi connectivity index (χ0v) is 18.9. The summed E-state index contributed by atoms with van der Waals surface area (Å²) in [7, 11) is 1.59. The molecule has 0 spiro atoms. The molecule has 0 bridgehead atoms. The van der Waals surface area contributed by atoms with Crippen molar-refractivity contribution in [3.63, 3.8) is 0 Å². The van der Waals surface area contributed by atoms with Crippen LogP contribution in [0.1, 0.15) is 27.7 Å². The van der Waals surface area contributed by atoms with Crippen LogP contribution in [0.5, 0.6) is 5.75 Å². The third-order valence-electron chi connectivity index (χ3n) is 4.30. The highest BCUT2D eigenvalue weighted by molar-refractivity contribution is 8.00. The van der Waals surface area contributed by atoms with E-state index in [1.54, 1.807) is 7.11 Å². The molecular weight excluding hydrogens is 404 g/mol. The van der Waals surface area contributed by atoms with Gasteiger partial charge in [-0.25, -0.2) is 4.79 Å². The lowest BCUT2D eigenvalue weighted by atomic mass is 10.2. The van der Waals surface area contributed by atoms with E-state index in [2.05, 4.69) is 4.98 Å². The minimum Gasteiger partial charge on any atom is -0.497 e. The highest BCUT2D eigenvalue weighted by Gasteiger charge is 2.25. The van der Waals surface area contributed by atoms with E-state index in [1.807, 2.05) is 52.0 Å². The average molecular weight is 435 g/mol. The van der Waals surface area contributed by atoms with Crippen LogP contribution in [0.25, 0.3) is 0 Å². The van der Waals surface area contributed by atoms with Gasteiger partial charge in [0.05, 0.1) is 12.9 Å². The first-order valence-electron chi connectivity index (χ1n) is 9.83. The van der Waals surface area contributed by atoms with E-state index in [0.29, 0.717) is 13.1 Å². The van der Waals surface area contributed by atoms with Crippen LogP contribution in [-0.4, -0.2) is 34.9 Å². The Labute approximate surface area is 180 Å². The largest absolute Gasteiger partial charge is 0.497 e. The number of aromatic nitrogens is 2. The maximum atomic E-state index is 13.1. The molecule has 9 heteroatoms. The molecule has 0 fully saturated rings. The van der Waals surface area contributed by atoms with Gasteiger partial charge in [0.15, 0.2) is 5.69 Å². The monoisotopic (exact) mass is 434 g/mol. The molecule has 164 valence electrons. The Morgan fingerprint density at radius 1 is 1.17 bits per heavy atom. The van der Waals surface area contributed by atoms with Crippen molar-refractivity contribution in [1.29, 1.82) is 0 Å². The maximum Gasteiger partial charge on any atom is 0.330 e. The molecule has 0 saturated heterocycles. The van der Waals surface area contributed by atoms with Crippen molar-refractivity contribution in [3.8, 4) is 5.75 Å². The van der Waals surface area contributed by atoms with E-state index in [9.17, 15) is 14.4 Å². The number of nitrogen functional groups attached to an aromatic ring is 1. The average Bonchev–Trinajstić information content (AvgIpc) is 2.68. The van der Waals surface area contributed by atoms with Gasteiger partial charge in [-0.15, -0.1) is 11.8 Å². The zero-order chi connectivity index (χ0) is 22.4. The second-order valence-corrected chi connectivity index (χ2v) is 8.91. The molecule has 0 unspecified atom stereocenters. The van der Waals surface area contributed by atoms with Gasteiger partial charge in [-0.1, -0.05) is 27.7 Å². The molecule has 0 atom stereocenters. The Hall–Kier alpha value is -2.68. The summed E-state index contributed by atoms with van der Waals surface area (Å²) >= 11 is 1.36. The first kappa shape index (κ1) is 23.6. The minimum atomic E-state index is -0.652. The molecule has 1 aromatic heterocycles. The number of amides is 1. The van der Waals surface area contributed by atoms with Gasteiger partial charge in [-0.3, -0.25) is 19.1 Å². The van der Waals surface area contributed by atoms with Crippen molar-refractivity contribution >= 4 is 29.2 Å². The number of ether oxygens (including phenoxy) is 1. The molecule has 1 heterocycles. The zero-order valence-electron chi connectivity index (χ0n) is 18.1. The maximum absolute atomic E-state index is 13.1. The van der Waals surface area contributed by atoms with Crippen LogP contribution >= 0.6 is 11.8 Å². The second-order valence-electron chi connectivity index (χ2n) is 7.86. The van der Waals surface area contributed by atoms with E-state index < -0.39 is 11.2 Å². The molecule has 30 heavy (non-hydrogen) atoms. The predicted molar refractivity (Wildman–Crippen MR) is 121 cm³/mol. The first-order valence-corrected chi connectivity index (χ1v) is 10.8. The van der Waals surface area contributed by atoms with E-state index in [0.717, 1.165) is 10.6 Å². The van der Waals surface area contributed by atoms with Crippen LogP contribution in [0.4, 0.5) is 11.5 Å². The topological polar surface area (TPSA) is 110 Å². The summed E-state index contributed by atoms with van der Waals surface area (Å²) in [5.41, 5.74) is 5.03. The molecule has 1 aromatic carbocycles. The van der Waals surface area contributed by atoms with E-state index >= 15 is 0 Å². The summed E-state index contributed by atoms with van der Waals surface area (Å²) in [6, 6.07) is 7.38. The van der Waals surface area contributed by atoms with Gasteiger partial charge in [-0.05, 0) is 36.1 Å². The molecule has 2 rings (SSSR count). The van der Waals surface area contributed by atoms with Gasteiger partial charge in [-0.2, -0.15) is 0 Å². The fraction of sp³-hybridized carbons (Fsp3) is 0.476. The molecule has 8 nitrogen and oxygen atoms in total. The number of nitrogens with one attached hydrogen (secondary N) is 1. The number of methoxy groups -OCH3 is 1. The number of aromatic amines is 1. The number of hydrogen-bond donors (Lipinski definition) is 2. The number of carbonyl (C=O) groups excluding carboxylic acids is 1. The van der Waals surface area contributed by atoms with Crippen molar-refractivity contribution in [2.24, 2.45) is 11.8 Å². The highest BCUT2D eigenvalue weighted by atomic mass is 32.2. The lowest BCUT2D eigenvalue weighted by Gasteiger charge is -2.26. The molecule has 0 aliphatic rings. The van der Waals surface area contributed by atoms with Gasteiger partial charge < -0.3 is 15.4 Å². The van der Waals surface area contributed by atoms with E-state index in [1.165, 1.54) is 21.2 Å². The summed E-state index contributed by atoms with van der Waals surface area (Å²) < 4.78 is 6.46. The van der Waals surface area contributed by atoms with E-state index in [-0.39, 0.29) is 35.0 Å². The Kier molecular flexibility index (Phi) is 8.16. The summed E-state index contributed by atoms with van der Waals surface area (Å²) in [6.07, 6.45) is 0. The number of H-pyrrole nitrogens is 1. The fourth-order valence-electron chi connectivity index (χ4n) is 2.96. The molecule has 0 aliphatic heterocycles. The van der Waals surface area contributed by atoms with Crippen LogP contribution in [0.3, 0.4) is 0 Å². The van der Waals surface area contributed by atoms with Crippen LogP contribution in [-0.2, 0) is 11.3 Å². The van der Waals surface area contributed by atoms with Crippen molar-refractivity contribution < 1.29 is 9.53 Å². The third kappa shape index (κ3) is 5.91. The Morgan fingerprint density at radius 3 is 2.33 bits per heavy atom. The third-order valence-corrected chi connectivity index (χ3v) is 5.30. The molecular formula is C21H30N4O4S. The number of carbonyl (C=O) groups is 1. The van der Waals surface area contributed by atoms with Crippen LogP contribution in [0.2, 0.25) is 0 Å². The van der Waals surface area contributed by atoms with Crippen LogP contribution < -0.4 is 26.6 Å². The highest BCUT2D eigenvalue weighted by Crippen LogP contribution is 2.24. The van der Waals surface area contributed by atoms with Gasteiger partial charge in [0.25, 0.3) is 5.56 Å². The predicted octanol–water partition coefficient (Wildman–Crippen LogP) is 2.56. The summed E-state index contributed by atoms with van der Waals surface area (Å²) in [5.74, 6) is 0.866. The van der Waals surface area contributed by atoms with Gasteiger partial charge in [0, 0.05) is 18.0 Å². The van der Waals surface area contributed by atoms with Crippen molar-refractivity contribution in [3.05, 3.63) is 45.1 Å². The molecule has 0 saturated carbocycles. The van der Waals surface area contributed by atoms with Crippen LogP contribution in [0.15, 0.2) is 38.8 Å². The molecule has 2 aromatic rings. The number of rotatable bonds is 9. The normalized spacial score (nSPS) is 11.2. The lowest BCUT2D eigenvalue weighted by Crippen LogP contribution is -2.43. The summed E-state index contributed by atoms with van der Waals surface area (Å²) in [4.78, 5) is 42.5. The molecule has 0 aliphatic carbocycles. The number of anilines is 2. The molecule has 3 N–H and O–H groups in total. The van der Waals surface area contributed by atoms with Gasteiger partial charge >= 0.3 is 5.69 Å². The SMILES string of the molecule is COc1ccc(SCC(=O)N(CC(C)C)c2c(N)n(CC(C)C)c(=O)[nH]c2=O)cc1. The van der Waals surface area contributed by atoms with Gasteiger partial charge in [0.1, 0.15) is 11.6 Å². The number of hydrogen-bond acceptors (Lipinski definition) is 6. The van der Waals surface area contributed by atoms with Crippen molar-refractivity contribution in [2.75, 3.05) is 30.0 Å². The Balaban J connectivity index is 2.35. The number of nitrogens with zero attached hydrogens (tertiary/aromatic N) is 2. The van der Waals surface area contributed by atoms with Gasteiger partial charge in [0.2, 0.25) is 5.91 Å². The number of nitrogens with two attached hydrogens (primary N) is 1. The molecule has 1 amide bonds. The van der Waals surface area contributed by atoms with Crippen molar-refractivity contribution in [1.82, 2.24) is 9.55 Å². The summed E-state index contributed by atoms with van der Waals surface area (Å²) in [6.45, 7) is 8.45. The summed E-state index contributed by atoms with van der Waals surface area (Å²) in [5, 5.41) is 0.